The molecule has 0 aromatic rings. The third-order valence-corrected chi connectivity index (χ3v) is 7.67. The average Bonchev–Trinajstić information content (AvgIpc) is 2.86. The number of amides is 3. The molecule has 0 atom stereocenters. The third kappa shape index (κ3) is 11.0. The molecule has 9 nitrogen and oxygen atoms in total. The molecule has 0 aromatic carbocycles. The Bertz CT molecular complexity index is 658. The molecule has 2 aliphatic carbocycles. The maximum atomic E-state index is 12.7. The highest BCUT2D eigenvalue weighted by atomic mass is 16.5. The molecular formula is C27H49N3O6. The Morgan fingerprint density at radius 2 is 1.53 bits per heavy atom. The van der Waals surface area contributed by atoms with E-state index in [9.17, 15) is 14.4 Å². The first-order chi connectivity index (χ1) is 17.3. The molecule has 0 saturated heterocycles. The third-order valence-electron chi connectivity index (χ3n) is 7.67. The lowest BCUT2D eigenvalue weighted by Crippen LogP contribution is -2.49. The lowest BCUT2D eigenvalue weighted by atomic mass is 9.75. The smallest absolute Gasteiger partial charge is 0.407 e. The molecule has 0 heterocycles. The standard InChI is InChI=1S/C27H49N3O6/c1-4-5-17-36-27(2,3)25(33)28-23-10-6-21(7-11-23)19-22-8-12-24(13-9-22)29-26(34)35-18-15-30(20-32)14-16-31/h20-24,31H,4-19H2,1-3H3,(H,28,33)(H,29,34). The molecule has 0 bridgehead atoms. The van der Waals surface area contributed by atoms with Gasteiger partial charge in [0.25, 0.3) is 5.91 Å². The van der Waals surface area contributed by atoms with Crippen LogP contribution in [0.1, 0.15) is 91.4 Å². The molecule has 2 aliphatic rings. The fourth-order valence-corrected chi connectivity index (χ4v) is 5.26. The maximum Gasteiger partial charge on any atom is 0.407 e. The van der Waals surface area contributed by atoms with Crippen LogP contribution < -0.4 is 10.6 Å². The predicted molar refractivity (Wildman–Crippen MR) is 138 cm³/mol. The molecule has 208 valence electrons. The van der Waals surface area contributed by atoms with Gasteiger partial charge in [0, 0.05) is 25.2 Å². The van der Waals surface area contributed by atoms with Crippen LogP contribution in [0.5, 0.6) is 0 Å². The van der Waals surface area contributed by atoms with Crippen molar-refractivity contribution in [3.8, 4) is 0 Å². The van der Waals surface area contributed by atoms with Gasteiger partial charge in [-0.1, -0.05) is 13.3 Å². The summed E-state index contributed by atoms with van der Waals surface area (Å²) in [7, 11) is 0. The second-order valence-electron chi connectivity index (χ2n) is 11.0. The Labute approximate surface area is 217 Å². The summed E-state index contributed by atoms with van der Waals surface area (Å²) in [5, 5.41) is 15.0. The van der Waals surface area contributed by atoms with E-state index < -0.39 is 11.7 Å². The van der Waals surface area contributed by atoms with Crippen LogP contribution in [0.2, 0.25) is 0 Å². The van der Waals surface area contributed by atoms with E-state index in [2.05, 4.69) is 17.6 Å². The molecule has 36 heavy (non-hydrogen) atoms. The number of hydrogen-bond acceptors (Lipinski definition) is 6. The zero-order valence-corrected chi connectivity index (χ0v) is 22.6. The summed E-state index contributed by atoms with van der Waals surface area (Å²) < 4.78 is 11.0. The molecule has 9 heteroatoms. The van der Waals surface area contributed by atoms with Crippen molar-refractivity contribution in [1.29, 1.82) is 0 Å². The minimum atomic E-state index is -0.777. The van der Waals surface area contributed by atoms with E-state index in [4.69, 9.17) is 14.6 Å². The number of alkyl carbamates (subject to hydrolysis) is 1. The first kappa shape index (κ1) is 30.4. The van der Waals surface area contributed by atoms with E-state index in [-0.39, 0.29) is 44.3 Å². The van der Waals surface area contributed by atoms with E-state index in [0.29, 0.717) is 24.9 Å². The molecule has 0 aromatic heterocycles. The van der Waals surface area contributed by atoms with Gasteiger partial charge >= 0.3 is 6.09 Å². The van der Waals surface area contributed by atoms with Gasteiger partial charge in [0.2, 0.25) is 6.41 Å². The van der Waals surface area contributed by atoms with Crippen LogP contribution in [0, 0.1) is 11.8 Å². The molecule has 0 radical (unpaired) electrons. The highest BCUT2D eigenvalue weighted by Gasteiger charge is 2.32. The lowest BCUT2D eigenvalue weighted by molar-refractivity contribution is -0.144. The van der Waals surface area contributed by atoms with E-state index in [1.54, 1.807) is 0 Å². The van der Waals surface area contributed by atoms with Gasteiger partial charge in [-0.05, 0) is 89.9 Å². The van der Waals surface area contributed by atoms with Crippen LogP contribution in [0.15, 0.2) is 0 Å². The largest absolute Gasteiger partial charge is 0.448 e. The van der Waals surface area contributed by atoms with Crippen molar-refractivity contribution in [2.24, 2.45) is 11.8 Å². The van der Waals surface area contributed by atoms with Gasteiger partial charge in [-0.25, -0.2) is 4.79 Å². The molecule has 0 spiro atoms. The molecular weight excluding hydrogens is 462 g/mol. The summed E-state index contributed by atoms with van der Waals surface area (Å²) in [4.78, 5) is 36.9. The van der Waals surface area contributed by atoms with Crippen molar-refractivity contribution < 1.29 is 29.0 Å². The number of nitrogens with zero attached hydrogens (tertiary/aromatic N) is 1. The number of unbranched alkanes of at least 4 members (excludes halogenated alkanes) is 1. The zero-order chi connectivity index (χ0) is 26.4. The second-order valence-corrected chi connectivity index (χ2v) is 11.0. The van der Waals surface area contributed by atoms with Crippen molar-refractivity contribution in [1.82, 2.24) is 15.5 Å². The van der Waals surface area contributed by atoms with Crippen molar-refractivity contribution in [3.63, 3.8) is 0 Å². The number of rotatable bonds is 15. The number of aliphatic hydroxyl groups excluding tert-OH is 1. The van der Waals surface area contributed by atoms with Gasteiger partial charge in [-0.15, -0.1) is 0 Å². The predicted octanol–water partition coefficient (Wildman–Crippen LogP) is 3.38. The molecule has 2 rings (SSSR count). The fraction of sp³-hybridized carbons (Fsp3) is 0.889. The minimum Gasteiger partial charge on any atom is -0.448 e. The summed E-state index contributed by atoms with van der Waals surface area (Å²) in [6.07, 6.45) is 12.0. The molecule has 3 amide bonds. The first-order valence-corrected chi connectivity index (χ1v) is 14.0. The van der Waals surface area contributed by atoms with Gasteiger partial charge in [0.15, 0.2) is 0 Å². The Morgan fingerprint density at radius 3 is 2.06 bits per heavy atom. The normalized spacial score (nSPS) is 24.6. The van der Waals surface area contributed by atoms with Crippen molar-refractivity contribution in [2.45, 2.75) is 109 Å². The highest BCUT2D eigenvalue weighted by molar-refractivity contribution is 5.84. The SMILES string of the molecule is CCCCOC(C)(C)C(=O)NC1CCC(CC2CCC(NC(=O)OCCN(C=O)CCO)CC2)CC1. The van der Waals surface area contributed by atoms with Crippen molar-refractivity contribution in [3.05, 3.63) is 0 Å². The molecule has 0 unspecified atom stereocenters. The zero-order valence-electron chi connectivity index (χ0n) is 22.6. The monoisotopic (exact) mass is 511 g/mol. The summed E-state index contributed by atoms with van der Waals surface area (Å²) in [5.74, 6) is 1.41. The summed E-state index contributed by atoms with van der Waals surface area (Å²) in [6, 6.07) is 0.387. The van der Waals surface area contributed by atoms with Crippen LogP contribution in [0.25, 0.3) is 0 Å². The van der Waals surface area contributed by atoms with Gasteiger partial charge in [0.05, 0.1) is 13.2 Å². The number of carbonyl (C=O) groups excluding carboxylic acids is 3. The number of carbonyl (C=O) groups is 3. The van der Waals surface area contributed by atoms with E-state index in [1.807, 2.05) is 13.8 Å². The molecule has 0 aliphatic heterocycles. The van der Waals surface area contributed by atoms with Crippen molar-refractivity contribution in [2.75, 3.05) is 32.9 Å². The van der Waals surface area contributed by atoms with Crippen molar-refractivity contribution >= 4 is 18.4 Å². The number of ether oxygens (including phenoxy) is 2. The minimum absolute atomic E-state index is 0.00220. The van der Waals surface area contributed by atoms with Crippen LogP contribution >= 0.6 is 0 Å². The molecule has 3 N–H and O–H groups in total. The summed E-state index contributed by atoms with van der Waals surface area (Å²) >= 11 is 0. The number of nitrogens with one attached hydrogen (secondary N) is 2. The number of aliphatic hydroxyl groups is 1. The maximum absolute atomic E-state index is 12.7. The van der Waals surface area contributed by atoms with Gasteiger partial charge in [-0.2, -0.15) is 0 Å². The second kappa shape index (κ2) is 16.1. The van der Waals surface area contributed by atoms with Gasteiger partial charge < -0.3 is 30.1 Å². The average molecular weight is 512 g/mol. The van der Waals surface area contributed by atoms with Crippen LogP contribution in [-0.4, -0.2) is 79.0 Å². The molecule has 2 fully saturated rings. The van der Waals surface area contributed by atoms with E-state index in [0.717, 1.165) is 64.2 Å². The topological polar surface area (TPSA) is 117 Å². The van der Waals surface area contributed by atoms with Gasteiger partial charge in [-0.3, -0.25) is 9.59 Å². The van der Waals surface area contributed by atoms with Gasteiger partial charge in [0.1, 0.15) is 12.2 Å². The Kier molecular flexibility index (Phi) is 13.6. The van der Waals surface area contributed by atoms with Crippen LogP contribution in [0.4, 0.5) is 4.79 Å². The fourth-order valence-electron chi connectivity index (χ4n) is 5.26. The molecule has 2 saturated carbocycles. The summed E-state index contributed by atoms with van der Waals surface area (Å²) in [5.41, 5.74) is -0.777. The Morgan fingerprint density at radius 1 is 0.944 bits per heavy atom. The number of hydrogen-bond donors (Lipinski definition) is 3. The van der Waals surface area contributed by atoms with E-state index in [1.165, 1.54) is 11.3 Å². The Balaban J connectivity index is 1.59. The lowest BCUT2D eigenvalue weighted by Gasteiger charge is -2.35. The summed E-state index contributed by atoms with van der Waals surface area (Å²) in [6.45, 7) is 6.97. The first-order valence-electron chi connectivity index (χ1n) is 14.0. The highest BCUT2D eigenvalue weighted by Crippen LogP contribution is 2.35. The van der Waals surface area contributed by atoms with Crippen LogP contribution in [-0.2, 0) is 19.1 Å². The van der Waals surface area contributed by atoms with Crippen LogP contribution in [0.3, 0.4) is 0 Å². The Hall–Kier alpha value is -1.87. The quantitative estimate of drug-likeness (QED) is 0.229. The van der Waals surface area contributed by atoms with E-state index >= 15 is 0 Å².